The van der Waals surface area contributed by atoms with Crippen LogP contribution in [0.3, 0.4) is 0 Å². The van der Waals surface area contributed by atoms with E-state index in [9.17, 15) is 9.59 Å². The molecule has 0 bridgehead atoms. The average molecular weight is 353 g/mol. The number of carboxylic acid groups (broad SMARTS) is 1. The predicted octanol–water partition coefficient (Wildman–Crippen LogP) is 3.09. The van der Waals surface area contributed by atoms with Crippen LogP contribution in [0.2, 0.25) is 0 Å². The standard InChI is InChI=1S/C21H23NO4/c1-14-4-3-5-17(12-14)21(9-10-21)20(25)22-11-8-15-6-7-16(19(23)24)13-18(15)26-2/h3-7,12-13H,8-11H2,1-2H3,(H,22,25)(H,23,24). The van der Waals surface area contributed by atoms with Crippen molar-refractivity contribution in [3.8, 4) is 5.75 Å². The van der Waals surface area contributed by atoms with E-state index in [0.717, 1.165) is 29.5 Å². The Bertz CT molecular complexity index is 840. The van der Waals surface area contributed by atoms with Gasteiger partial charge in [-0.25, -0.2) is 4.79 Å². The van der Waals surface area contributed by atoms with E-state index in [4.69, 9.17) is 9.84 Å². The van der Waals surface area contributed by atoms with E-state index >= 15 is 0 Å². The summed E-state index contributed by atoms with van der Waals surface area (Å²) in [6.07, 6.45) is 2.33. The van der Waals surface area contributed by atoms with Crippen molar-refractivity contribution < 1.29 is 19.4 Å². The summed E-state index contributed by atoms with van der Waals surface area (Å²) in [6.45, 7) is 2.51. The molecular formula is C21H23NO4. The van der Waals surface area contributed by atoms with Crippen LogP contribution < -0.4 is 10.1 Å². The molecule has 26 heavy (non-hydrogen) atoms. The van der Waals surface area contributed by atoms with Gasteiger partial charge in [-0.05, 0) is 49.4 Å². The highest BCUT2D eigenvalue weighted by molar-refractivity contribution is 5.91. The Balaban J connectivity index is 1.63. The van der Waals surface area contributed by atoms with Crippen LogP contribution in [0.25, 0.3) is 0 Å². The van der Waals surface area contributed by atoms with E-state index < -0.39 is 5.97 Å². The number of nitrogens with one attached hydrogen (secondary N) is 1. The van der Waals surface area contributed by atoms with Crippen molar-refractivity contribution in [3.63, 3.8) is 0 Å². The van der Waals surface area contributed by atoms with Gasteiger partial charge in [0.1, 0.15) is 5.75 Å². The normalized spacial score (nSPS) is 14.5. The lowest BCUT2D eigenvalue weighted by Crippen LogP contribution is -2.36. The molecule has 136 valence electrons. The molecule has 0 atom stereocenters. The Kier molecular flexibility index (Phi) is 4.98. The molecule has 0 aliphatic heterocycles. The molecule has 2 aromatic carbocycles. The second kappa shape index (κ2) is 7.20. The molecular weight excluding hydrogens is 330 g/mol. The number of amides is 1. The molecule has 1 aliphatic carbocycles. The number of benzene rings is 2. The Morgan fingerprint density at radius 1 is 1.19 bits per heavy atom. The minimum atomic E-state index is -0.989. The molecule has 0 radical (unpaired) electrons. The monoisotopic (exact) mass is 353 g/mol. The fourth-order valence-electron chi connectivity index (χ4n) is 3.28. The molecule has 5 nitrogen and oxygen atoms in total. The van der Waals surface area contributed by atoms with Crippen molar-refractivity contribution in [2.45, 2.75) is 31.6 Å². The van der Waals surface area contributed by atoms with Crippen molar-refractivity contribution in [3.05, 3.63) is 64.7 Å². The molecule has 1 fully saturated rings. The zero-order valence-corrected chi connectivity index (χ0v) is 15.0. The molecule has 5 heteroatoms. The SMILES string of the molecule is COc1cc(C(=O)O)ccc1CCNC(=O)C1(c2cccc(C)c2)CC1. The second-order valence-electron chi connectivity index (χ2n) is 6.79. The molecule has 1 saturated carbocycles. The topological polar surface area (TPSA) is 75.6 Å². The maximum atomic E-state index is 12.7. The highest BCUT2D eigenvalue weighted by Gasteiger charge is 2.51. The quantitative estimate of drug-likeness (QED) is 0.802. The van der Waals surface area contributed by atoms with Gasteiger partial charge in [-0.15, -0.1) is 0 Å². The average Bonchev–Trinajstić information content (AvgIpc) is 3.43. The summed E-state index contributed by atoms with van der Waals surface area (Å²) in [5.74, 6) is -0.403. The molecule has 0 unspecified atom stereocenters. The van der Waals surface area contributed by atoms with Gasteiger partial charge in [-0.1, -0.05) is 35.9 Å². The largest absolute Gasteiger partial charge is 0.496 e. The molecule has 0 spiro atoms. The number of carbonyl (C=O) groups is 2. The summed E-state index contributed by atoms with van der Waals surface area (Å²) in [5, 5.41) is 12.1. The summed E-state index contributed by atoms with van der Waals surface area (Å²) in [6, 6.07) is 12.9. The van der Waals surface area contributed by atoms with E-state index in [1.54, 1.807) is 12.1 Å². The summed E-state index contributed by atoms with van der Waals surface area (Å²) in [5.41, 5.74) is 2.91. The van der Waals surface area contributed by atoms with Gasteiger partial charge in [0.2, 0.25) is 5.91 Å². The Labute approximate surface area is 153 Å². The van der Waals surface area contributed by atoms with E-state index in [1.807, 2.05) is 25.1 Å². The second-order valence-corrected chi connectivity index (χ2v) is 6.79. The molecule has 1 aliphatic rings. The fraction of sp³-hybridized carbons (Fsp3) is 0.333. The van der Waals surface area contributed by atoms with E-state index in [2.05, 4.69) is 11.4 Å². The van der Waals surface area contributed by atoms with Crippen LogP contribution >= 0.6 is 0 Å². The Morgan fingerprint density at radius 3 is 2.58 bits per heavy atom. The maximum Gasteiger partial charge on any atom is 0.335 e. The summed E-state index contributed by atoms with van der Waals surface area (Å²) >= 11 is 0. The molecule has 1 amide bonds. The first-order chi connectivity index (χ1) is 12.5. The molecule has 0 heterocycles. The van der Waals surface area contributed by atoms with Crippen LogP contribution in [0.4, 0.5) is 0 Å². The number of rotatable bonds is 7. The zero-order chi connectivity index (χ0) is 18.7. The minimum Gasteiger partial charge on any atom is -0.496 e. The van der Waals surface area contributed by atoms with E-state index in [1.165, 1.54) is 13.2 Å². The van der Waals surface area contributed by atoms with Gasteiger partial charge in [0.05, 0.1) is 18.1 Å². The van der Waals surface area contributed by atoms with Crippen LogP contribution in [-0.2, 0) is 16.6 Å². The van der Waals surface area contributed by atoms with Gasteiger partial charge in [-0.3, -0.25) is 4.79 Å². The van der Waals surface area contributed by atoms with Gasteiger partial charge in [0.15, 0.2) is 0 Å². The van der Waals surface area contributed by atoms with Crippen LogP contribution in [0, 0.1) is 6.92 Å². The van der Waals surface area contributed by atoms with E-state index in [0.29, 0.717) is 18.7 Å². The molecule has 2 aromatic rings. The van der Waals surface area contributed by atoms with Gasteiger partial charge in [-0.2, -0.15) is 0 Å². The maximum absolute atomic E-state index is 12.7. The lowest BCUT2D eigenvalue weighted by Gasteiger charge is -2.17. The third kappa shape index (κ3) is 3.57. The van der Waals surface area contributed by atoms with Crippen molar-refractivity contribution in [2.24, 2.45) is 0 Å². The van der Waals surface area contributed by atoms with Crippen LogP contribution in [0.5, 0.6) is 5.75 Å². The number of methoxy groups -OCH3 is 1. The van der Waals surface area contributed by atoms with Gasteiger partial charge >= 0.3 is 5.97 Å². The number of carboxylic acids is 1. The fourth-order valence-corrected chi connectivity index (χ4v) is 3.28. The number of ether oxygens (including phenoxy) is 1. The molecule has 2 N–H and O–H groups in total. The number of hydrogen-bond donors (Lipinski definition) is 2. The lowest BCUT2D eigenvalue weighted by molar-refractivity contribution is -0.123. The zero-order valence-electron chi connectivity index (χ0n) is 15.0. The van der Waals surface area contributed by atoms with Crippen LogP contribution in [-0.4, -0.2) is 30.6 Å². The smallest absolute Gasteiger partial charge is 0.335 e. The summed E-state index contributed by atoms with van der Waals surface area (Å²) in [4.78, 5) is 23.8. The summed E-state index contributed by atoms with van der Waals surface area (Å²) in [7, 11) is 1.51. The Hall–Kier alpha value is -2.82. The molecule has 0 saturated heterocycles. The van der Waals surface area contributed by atoms with Crippen molar-refractivity contribution in [2.75, 3.05) is 13.7 Å². The third-order valence-electron chi connectivity index (χ3n) is 4.97. The number of aryl methyl sites for hydroxylation is 1. The van der Waals surface area contributed by atoms with E-state index in [-0.39, 0.29) is 16.9 Å². The highest BCUT2D eigenvalue weighted by atomic mass is 16.5. The highest BCUT2D eigenvalue weighted by Crippen LogP contribution is 2.48. The number of hydrogen-bond acceptors (Lipinski definition) is 3. The number of aromatic carboxylic acids is 1. The molecule has 3 rings (SSSR count). The first-order valence-electron chi connectivity index (χ1n) is 8.72. The van der Waals surface area contributed by atoms with Crippen molar-refractivity contribution in [1.29, 1.82) is 0 Å². The third-order valence-corrected chi connectivity index (χ3v) is 4.97. The first kappa shape index (κ1) is 18.0. The van der Waals surface area contributed by atoms with Gasteiger partial charge < -0.3 is 15.2 Å². The molecule has 0 aromatic heterocycles. The Morgan fingerprint density at radius 2 is 1.96 bits per heavy atom. The predicted molar refractivity (Wildman–Crippen MR) is 98.8 cm³/mol. The van der Waals surface area contributed by atoms with Crippen LogP contribution in [0.1, 0.15) is 39.9 Å². The van der Waals surface area contributed by atoms with Gasteiger partial charge in [0, 0.05) is 6.54 Å². The van der Waals surface area contributed by atoms with Crippen molar-refractivity contribution >= 4 is 11.9 Å². The van der Waals surface area contributed by atoms with Crippen LogP contribution in [0.15, 0.2) is 42.5 Å². The van der Waals surface area contributed by atoms with Gasteiger partial charge in [0.25, 0.3) is 0 Å². The van der Waals surface area contributed by atoms with Crippen molar-refractivity contribution in [1.82, 2.24) is 5.32 Å². The summed E-state index contributed by atoms with van der Waals surface area (Å²) < 4.78 is 5.28. The number of carbonyl (C=O) groups excluding carboxylic acids is 1. The minimum absolute atomic E-state index is 0.0595. The lowest BCUT2D eigenvalue weighted by atomic mass is 9.93. The first-order valence-corrected chi connectivity index (χ1v) is 8.72.